The van der Waals surface area contributed by atoms with Crippen LogP contribution in [0.3, 0.4) is 0 Å². The van der Waals surface area contributed by atoms with E-state index in [9.17, 15) is 5.11 Å². The monoisotopic (exact) mass is 265 g/mol. The molecule has 0 aliphatic carbocycles. The van der Waals surface area contributed by atoms with Crippen LogP contribution >= 0.6 is 0 Å². The van der Waals surface area contributed by atoms with E-state index in [0.29, 0.717) is 6.04 Å². The minimum Gasteiger partial charge on any atom is -0.393 e. The molecule has 2 heterocycles. The normalized spacial score (nSPS) is 22.1. The minimum atomic E-state index is -0.203. The van der Waals surface area contributed by atoms with Crippen LogP contribution in [-0.4, -0.2) is 38.5 Å². The van der Waals surface area contributed by atoms with Gasteiger partial charge >= 0.3 is 0 Å². The zero-order valence-corrected chi connectivity index (χ0v) is 12.7. The number of aryl methyl sites for hydroxylation is 2. The largest absolute Gasteiger partial charge is 0.393 e. The predicted molar refractivity (Wildman–Crippen MR) is 77.1 cm³/mol. The van der Waals surface area contributed by atoms with E-state index >= 15 is 0 Å². The fraction of sp³-hybridized carbons (Fsp3) is 0.800. The highest BCUT2D eigenvalue weighted by molar-refractivity contribution is 5.24. The first kappa shape index (κ1) is 14.5. The second-order valence-electron chi connectivity index (χ2n) is 5.82. The average Bonchev–Trinajstić information content (AvgIpc) is 2.88. The molecule has 0 amide bonds. The lowest BCUT2D eigenvalue weighted by Crippen LogP contribution is -2.31. The molecule has 0 saturated carbocycles. The lowest BCUT2D eigenvalue weighted by Gasteiger charge is -2.25. The van der Waals surface area contributed by atoms with Crippen LogP contribution in [0.15, 0.2) is 0 Å². The molecule has 2 atom stereocenters. The third-order valence-electron chi connectivity index (χ3n) is 4.30. The molecular formula is C15H27N3O. The van der Waals surface area contributed by atoms with Gasteiger partial charge < -0.3 is 5.11 Å². The summed E-state index contributed by atoms with van der Waals surface area (Å²) >= 11 is 0. The van der Waals surface area contributed by atoms with Crippen molar-refractivity contribution in [2.45, 2.75) is 72.2 Å². The Balaban J connectivity index is 2.10. The zero-order valence-electron chi connectivity index (χ0n) is 12.7. The van der Waals surface area contributed by atoms with E-state index in [0.717, 1.165) is 31.7 Å². The molecule has 2 unspecified atom stereocenters. The van der Waals surface area contributed by atoms with Crippen LogP contribution in [0.4, 0.5) is 0 Å². The number of aliphatic hydroxyl groups is 1. The second-order valence-corrected chi connectivity index (χ2v) is 5.82. The molecule has 1 aromatic rings. The van der Waals surface area contributed by atoms with E-state index in [2.05, 4.69) is 35.5 Å². The maximum atomic E-state index is 9.60. The summed E-state index contributed by atoms with van der Waals surface area (Å²) in [6.07, 6.45) is 3.15. The average molecular weight is 265 g/mol. The topological polar surface area (TPSA) is 41.3 Å². The Morgan fingerprint density at radius 3 is 2.74 bits per heavy atom. The molecule has 1 aromatic heterocycles. The van der Waals surface area contributed by atoms with Gasteiger partial charge in [0.2, 0.25) is 0 Å². The van der Waals surface area contributed by atoms with Crippen molar-refractivity contribution in [1.29, 1.82) is 0 Å². The Morgan fingerprint density at radius 1 is 1.42 bits per heavy atom. The van der Waals surface area contributed by atoms with Crippen LogP contribution in [0.5, 0.6) is 0 Å². The summed E-state index contributed by atoms with van der Waals surface area (Å²) in [4.78, 5) is 2.52. The van der Waals surface area contributed by atoms with Gasteiger partial charge in [0, 0.05) is 30.4 Å². The molecule has 0 bridgehead atoms. The van der Waals surface area contributed by atoms with E-state index in [4.69, 9.17) is 0 Å². The summed E-state index contributed by atoms with van der Waals surface area (Å²) in [5, 5.41) is 14.2. The smallest absolute Gasteiger partial charge is 0.0641 e. The van der Waals surface area contributed by atoms with Crippen molar-refractivity contribution >= 4 is 0 Å². The van der Waals surface area contributed by atoms with Gasteiger partial charge in [-0.3, -0.25) is 9.58 Å². The third kappa shape index (κ3) is 3.18. The van der Waals surface area contributed by atoms with Gasteiger partial charge in [-0.25, -0.2) is 0 Å². The van der Waals surface area contributed by atoms with E-state index < -0.39 is 0 Å². The number of hydrogen-bond donors (Lipinski definition) is 1. The van der Waals surface area contributed by atoms with Crippen LogP contribution in [0.25, 0.3) is 0 Å². The van der Waals surface area contributed by atoms with Crippen molar-refractivity contribution in [2.75, 3.05) is 6.54 Å². The van der Waals surface area contributed by atoms with Gasteiger partial charge in [-0.1, -0.05) is 0 Å². The molecule has 4 heteroatoms. The van der Waals surface area contributed by atoms with Crippen molar-refractivity contribution in [3.8, 4) is 0 Å². The van der Waals surface area contributed by atoms with E-state index in [1.54, 1.807) is 0 Å². The molecular weight excluding hydrogens is 238 g/mol. The Kier molecular flexibility index (Phi) is 4.63. The van der Waals surface area contributed by atoms with Crippen molar-refractivity contribution in [2.24, 2.45) is 0 Å². The van der Waals surface area contributed by atoms with Crippen LogP contribution in [0.1, 0.15) is 50.1 Å². The fourth-order valence-corrected chi connectivity index (χ4v) is 3.24. The highest BCUT2D eigenvalue weighted by atomic mass is 16.3. The minimum absolute atomic E-state index is 0.203. The number of aromatic nitrogens is 2. The standard InChI is InChI=1S/C15H27N3O/c1-5-18-13(4)15(12(3)16-18)10-17-8-6-7-14(17)9-11(2)19/h11,14,19H,5-10H2,1-4H3. The lowest BCUT2D eigenvalue weighted by atomic mass is 10.1. The van der Waals surface area contributed by atoms with Gasteiger partial charge in [-0.15, -0.1) is 0 Å². The first-order chi connectivity index (χ1) is 9.02. The second kappa shape index (κ2) is 6.06. The summed E-state index contributed by atoms with van der Waals surface area (Å²) in [6.45, 7) is 11.4. The highest BCUT2D eigenvalue weighted by Crippen LogP contribution is 2.25. The molecule has 1 N–H and O–H groups in total. The van der Waals surface area contributed by atoms with E-state index in [1.165, 1.54) is 24.1 Å². The van der Waals surface area contributed by atoms with Crippen LogP contribution in [0.2, 0.25) is 0 Å². The first-order valence-electron chi connectivity index (χ1n) is 7.48. The summed E-state index contributed by atoms with van der Waals surface area (Å²) < 4.78 is 2.09. The summed E-state index contributed by atoms with van der Waals surface area (Å²) in [6, 6.07) is 0.531. The Bertz CT molecular complexity index is 425. The maximum Gasteiger partial charge on any atom is 0.0641 e. The Labute approximate surface area is 116 Å². The van der Waals surface area contributed by atoms with E-state index in [-0.39, 0.29) is 6.10 Å². The van der Waals surface area contributed by atoms with Crippen LogP contribution in [0, 0.1) is 13.8 Å². The van der Waals surface area contributed by atoms with Crippen LogP contribution < -0.4 is 0 Å². The molecule has 0 radical (unpaired) electrons. The first-order valence-corrected chi connectivity index (χ1v) is 7.48. The van der Waals surface area contributed by atoms with Gasteiger partial charge in [0.05, 0.1) is 11.8 Å². The Hall–Kier alpha value is -0.870. The van der Waals surface area contributed by atoms with Crippen molar-refractivity contribution in [3.63, 3.8) is 0 Å². The predicted octanol–water partition coefficient (Wildman–Crippen LogP) is 2.26. The lowest BCUT2D eigenvalue weighted by molar-refractivity contribution is 0.130. The Morgan fingerprint density at radius 2 is 2.16 bits per heavy atom. The molecule has 1 fully saturated rings. The quantitative estimate of drug-likeness (QED) is 0.888. The number of rotatable bonds is 5. The maximum absolute atomic E-state index is 9.60. The van der Waals surface area contributed by atoms with Gasteiger partial charge in [0.25, 0.3) is 0 Å². The van der Waals surface area contributed by atoms with Crippen LogP contribution in [-0.2, 0) is 13.1 Å². The molecule has 108 valence electrons. The molecule has 2 rings (SSSR count). The molecule has 1 aliphatic heterocycles. The molecule has 4 nitrogen and oxygen atoms in total. The fourth-order valence-electron chi connectivity index (χ4n) is 3.24. The third-order valence-corrected chi connectivity index (χ3v) is 4.30. The summed E-state index contributed by atoms with van der Waals surface area (Å²) in [7, 11) is 0. The number of aliphatic hydroxyl groups excluding tert-OH is 1. The molecule has 0 spiro atoms. The highest BCUT2D eigenvalue weighted by Gasteiger charge is 2.27. The van der Waals surface area contributed by atoms with Gasteiger partial charge in [-0.05, 0) is 53.5 Å². The van der Waals surface area contributed by atoms with Crippen molar-refractivity contribution in [1.82, 2.24) is 14.7 Å². The van der Waals surface area contributed by atoms with Crippen molar-refractivity contribution in [3.05, 3.63) is 17.0 Å². The number of nitrogens with zero attached hydrogens (tertiary/aromatic N) is 3. The molecule has 19 heavy (non-hydrogen) atoms. The van der Waals surface area contributed by atoms with Gasteiger partial charge in [0.15, 0.2) is 0 Å². The SMILES string of the molecule is CCn1nc(C)c(CN2CCCC2CC(C)O)c1C. The van der Waals surface area contributed by atoms with Crippen molar-refractivity contribution < 1.29 is 5.11 Å². The summed E-state index contributed by atoms with van der Waals surface area (Å²) in [5.74, 6) is 0. The molecule has 1 saturated heterocycles. The summed E-state index contributed by atoms with van der Waals surface area (Å²) in [5.41, 5.74) is 3.82. The van der Waals surface area contributed by atoms with Gasteiger partial charge in [0.1, 0.15) is 0 Å². The number of likely N-dealkylation sites (tertiary alicyclic amines) is 1. The molecule has 1 aliphatic rings. The zero-order chi connectivity index (χ0) is 14.0. The van der Waals surface area contributed by atoms with Gasteiger partial charge in [-0.2, -0.15) is 5.10 Å². The van der Waals surface area contributed by atoms with E-state index in [1.807, 2.05) is 6.92 Å². The molecule has 0 aromatic carbocycles. The number of hydrogen-bond acceptors (Lipinski definition) is 3.